The molecule has 27 heavy (non-hydrogen) atoms. The number of aromatic nitrogens is 1. The predicted molar refractivity (Wildman–Crippen MR) is 95.6 cm³/mol. The van der Waals surface area contributed by atoms with Crippen LogP contribution < -0.4 is 10.2 Å². The number of nitrogens with zero attached hydrogens (tertiary/aromatic N) is 2. The van der Waals surface area contributed by atoms with E-state index in [9.17, 15) is 22.8 Å². The van der Waals surface area contributed by atoms with Gasteiger partial charge in [0.2, 0.25) is 11.8 Å². The summed E-state index contributed by atoms with van der Waals surface area (Å²) >= 11 is 1.34. The zero-order chi connectivity index (χ0) is 19.4. The summed E-state index contributed by atoms with van der Waals surface area (Å²) in [5.41, 5.74) is 0.625. The molecule has 0 saturated carbocycles. The van der Waals surface area contributed by atoms with Crippen molar-refractivity contribution in [2.45, 2.75) is 31.9 Å². The molecule has 1 fully saturated rings. The van der Waals surface area contributed by atoms with Gasteiger partial charge in [-0.25, -0.2) is 4.98 Å². The number of carbonyl (C=O) groups is 2. The highest BCUT2D eigenvalue weighted by atomic mass is 32.1. The van der Waals surface area contributed by atoms with E-state index in [0.29, 0.717) is 42.3 Å². The first-order valence-electron chi connectivity index (χ1n) is 8.50. The molecule has 1 aromatic carbocycles. The van der Waals surface area contributed by atoms with E-state index in [1.165, 1.54) is 23.5 Å². The summed E-state index contributed by atoms with van der Waals surface area (Å²) in [6, 6.07) is 4.89. The van der Waals surface area contributed by atoms with Crippen LogP contribution in [0.25, 0.3) is 0 Å². The molecule has 1 saturated heterocycles. The number of halogens is 3. The van der Waals surface area contributed by atoms with Crippen molar-refractivity contribution in [3.05, 3.63) is 46.5 Å². The summed E-state index contributed by atoms with van der Waals surface area (Å²) in [7, 11) is 0. The zero-order valence-corrected chi connectivity index (χ0v) is 15.2. The normalized spacial score (nSPS) is 14.6. The quantitative estimate of drug-likeness (QED) is 0.814. The summed E-state index contributed by atoms with van der Waals surface area (Å²) in [4.78, 5) is 29.7. The van der Waals surface area contributed by atoms with Crippen LogP contribution in [0.5, 0.6) is 0 Å². The van der Waals surface area contributed by atoms with Crippen LogP contribution in [0.3, 0.4) is 0 Å². The fraction of sp³-hybridized carbons (Fsp3) is 0.389. The van der Waals surface area contributed by atoms with E-state index >= 15 is 0 Å². The van der Waals surface area contributed by atoms with Crippen molar-refractivity contribution in [1.29, 1.82) is 0 Å². The first kappa shape index (κ1) is 19.3. The average Bonchev–Trinajstić information content (AvgIpc) is 3.23. The minimum Gasteiger partial charge on any atom is -0.355 e. The van der Waals surface area contributed by atoms with Gasteiger partial charge >= 0.3 is 6.18 Å². The van der Waals surface area contributed by atoms with Crippen molar-refractivity contribution in [2.24, 2.45) is 0 Å². The maximum Gasteiger partial charge on any atom is 0.416 e. The smallest absolute Gasteiger partial charge is 0.355 e. The lowest BCUT2D eigenvalue weighted by Crippen LogP contribution is -2.27. The Labute approximate surface area is 158 Å². The van der Waals surface area contributed by atoms with Gasteiger partial charge in [0.05, 0.1) is 17.7 Å². The van der Waals surface area contributed by atoms with Crippen LogP contribution in [0.4, 0.5) is 18.3 Å². The van der Waals surface area contributed by atoms with Crippen molar-refractivity contribution in [3.8, 4) is 0 Å². The van der Waals surface area contributed by atoms with E-state index < -0.39 is 11.7 Å². The first-order valence-corrected chi connectivity index (χ1v) is 9.38. The van der Waals surface area contributed by atoms with E-state index in [0.717, 1.165) is 18.6 Å². The van der Waals surface area contributed by atoms with Gasteiger partial charge in [-0.15, -0.1) is 11.3 Å². The number of hydrogen-bond donors (Lipinski definition) is 1. The molecule has 0 aliphatic carbocycles. The van der Waals surface area contributed by atoms with Gasteiger partial charge < -0.3 is 5.32 Å². The molecule has 2 amide bonds. The number of amides is 2. The zero-order valence-electron chi connectivity index (χ0n) is 14.4. The Hall–Kier alpha value is -2.42. The number of alkyl halides is 3. The molecular formula is C18H18F3N3O2S. The fourth-order valence-corrected chi connectivity index (χ4v) is 3.65. The third-order valence-corrected chi connectivity index (χ3v) is 5.12. The van der Waals surface area contributed by atoms with Gasteiger partial charge in [0.25, 0.3) is 0 Å². The number of thiazole rings is 1. The molecule has 144 valence electrons. The molecule has 1 aliphatic heterocycles. The van der Waals surface area contributed by atoms with Crippen molar-refractivity contribution < 1.29 is 22.8 Å². The largest absolute Gasteiger partial charge is 0.416 e. The molecule has 0 bridgehead atoms. The van der Waals surface area contributed by atoms with Crippen LogP contribution in [-0.2, 0) is 28.6 Å². The second-order valence-corrected chi connectivity index (χ2v) is 7.08. The third kappa shape index (κ3) is 5.06. The van der Waals surface area contributed by atoms with Gasteiger partial charge in [-0.2, -0.15) is 13.2 Å². The summed E-state index contributed by atoms with van der Waals surface area (Å²) < 4.78 is 37.6. The van der Waals surface area contributed by atoms with E-state index in [-0.39, 0.29) is 18.2 Å². The van der Waals surface area contributed by atoms with Crippen LogP contribution >= 0.6 is 11.3 Å². The van der Waals surface area contributed by atoms with Crippen LogP contribution in [0, 0.1) is 0 Å². The maximum absolute atomic E-state index is 12.5. The molecule has 5 nitrogen and oxygen atoms in total. The maximum atomic E-state index is 12.5. The number of benzene rings is 1. The van der Waals surface area contributed by atoms with Gasteiger partial charge in [-0.3, -0.25) is 14.5 Å². The lowest BCUT2D eigenvalue weighted by atomic mass is 10.1. The molecule has 0 spiro atoms. The molecule has 9 heteroatoms. The summed E-state index contributed by atoms with van der Waals surface area (Å²) in [5.74, 6) is -0.164. The number of hydrogen-bond acceptors (Lipinski definition) is 4. The molecule has 3 rings (SSSR count). The Kier molecular flexibility index (Phi) is 5.79. The van der Waals surface area contributed by atoms with Crippen molar-refractivity contribution in [2.75, 3.05) is 18.0 Å². The third-order valence-electron chi connectivity index (χ3n) is 4.20. The van der Waals surface area contributed by atoms with Gasteiger partial charge in [0, 0.05) is 24.9 Å². The minimum absolute atomic E-state index is 0.0527. The summed E-state index contributed by atoms with van der Waals surface area (Å²) in [5, 5.41) is 5.11. The highest BCUT2D eigenvalue weighted by molar-refractivity contribution is 7.14. The molecule has 0 unspecified atom stereocenters. The molecular weight excluding hydrogens is 379 g/mol. The molecule has 1 aliphatic rings. The molecule has 0 atom stereocenters. The summed E-state index contributed by atoms with van der Waals surface area (Å²) in [6.07, 6.45) is -2.46. The molecule has 1 N–H and O–H groups in total. The lowest BCUT2D eigenvalue weighted by Gasteiger charge is -2.10. The van der Waals surface area contributed by atoms with Crippen molar-refractivity contribution in [1.82, 2.24) is 10.3 Å². The van der Waals surface area contributed by atoms with E-state index in [4.69, 9.17) is 0 Å². The van der Waals surface area contributed by atoms with E-state index in [1.54, 1.807) is 10.3 Å². The van der Waals surface area contributed by atoms with Gasteiger partial charge in [0.1, 0.15) is 0 Å². The Bertz CT molecular complexity index is 818. The van der Waals surface area contributed by atoms with E-state index in [1.807, 2.05) is 0 Å². The van der Waals surface area contributed by atoms with Crippen LogP contribution in [-0.4, -0.2) is 29.9 Å². The van der Waals surface area contributed by atoms with Gasteiger partial charge in [0.15, 0.2) is 5.13 Å². The summed E-state index contributed by atoms with van der Waals surface area (Å²) in [6.45, 7) is 0.983. The number of nitrogens with one attached hydrogen (secondary N) is 1. The highest BCUT2D eigenvalue weighted by Gasteiger charge is 2.29. The number of carbonyl (C=O) groups excluding carboxylic acids is 2. The standard InChI is InChI=1S/C18H18F3N3O2S/c19-18(20,21)13-5-3-12(4-6-13)7-8-22-15(25)10-14-11-27-17(23-14)24-9-1-2-16(24)26/h3-6,11H,1-2,7-10H2,(H,22,25). The predicted octanol–water partition coefficient (Wildman–Crippen LogP) is 3.19. The second-order valence-electron chi connectivity index (χ2n) is 6.24. The Balaban J connectivity index is 1.45. The molecule has 2 aromatic rings. The Morgan fingerprint density at radius 2 is 2.00 bits per heavy atom. The van der Waals surface area contributed by atoms with Crippen molar-refractivity contribution >= 4 is 28.3 Å². The SMILES string of the molecule is O=C(Cc1csc(N2CCCC2=O)n1)NCCc1ccc(C(F)(F)F)cc1. The topological polar surface area (TPSA) is 62.3 Å². The van der Waals surface area contributed by atoms with Gasteiger partial charge in [-0.1, -0.05) is 12.1 Å². The monoisotopic (exact) mass is 397 g/mol. The Morgan fingerprint density at radius 3 is 2.63 bits per heavy atom. The van der Waals surface area contributed by atoms with Crippen LogP contribution in [0.15, 0.2) is 29.6 Å². The Morgan fingerprint density at radius 1 is 1.26 bits per heavy atom. The number of anilines is 1. The molecule has 0 radical (unpaired) electrons. The van der Waals surface area contributed by atoms with Crippen LogP contribution in [0.2, 0.25) is 0 Å². The second kappa shape index (κ2) is 8.08. The molecule has 1 aromatic heterocycles. The first-order chi connectivity index (χ1) is 12.8. The minimum atomic E-state index is -4.35. The highest BCUT2D eigenvalue weighted by Crippen LogP contribution is 2.29. The lowest BCUT2D eigenvalue weighted by molar-refractivity contribution is -0.137. The molecule has 2 heterocycles. The van der Waals surface area contributed by atoms with E-state index in [2.05, 4.69) is 10.3 Å². The van der Waals surface area contributed by atoms with Crippen molar-refractivity contribution in [3.63, 3.8) is 0 Å². The van der Waals surface area contributed by atoms with Gasteiger partial charge in [-0.05, 0) is 30.5 Å². The average molecular weight is 397 g/mol. The van der Waals surface area contributed by atoms with Crippen LogP contribution in [0.1, 0.15) is 29.7 Å². The number of rotatable bonds is 6. The fourth-order valence-electron chi connectivity index (χ4n) is 2.79.